The number of fused-ring (bicyclic) bond motifs is 1. The largest absolute Gasteiger partial charge is 0.450 e. The van der Waals surface area contributed by atoms with Gasteiger partial charge in [-0.05, 0) is 49.2 Å². The summed E-state index contributed by atoms with van der Waals surface area (Å²) >= 11 is 6.19. The average molecular weight is 474 g/mol. The van der Waals surface area contributed by atoms with Crippen molar-refractivity contribution >= 4 is 31.6 Å². The van der Waals surface area contributed by atoms with E-state index in [0.717, 1.165) is 0 Å². The molecule has 10 heteroatoms. The van der Waals surface area contributed by atoms with Crippen LogP contribution in [0.15, 0.2) is 17.1 Å². The number of rotatable bonds is 3. The molecule has 0 unspecified atom stereocenters. The summed E-state index contributed by atoms with van der Waals surface area (Å²) in [7, 11) is -2.28. The molecule has 3 atom stereocenters. The van der Waals surface area contributed by atoms with Crippen LogP contribution in [0.25, 0.3) is 0 Å². The highest BCUT2D eigenvalue weighted by molar-refractivity contribution is 6.74. The molecular formula is C21H27ClF3N3O2Si. The van der Waals surface area contributed by atoms with Crippen LogP contribution >= 0.6 is 11.6 Å². The third kappa shape index (κ3) is 4.43. The molecule has 2 saturated heterocycles. The van der Waals surface area contributed by atoms with Crippen LogP contribution in [0, 0.1) is 18.3 Å². The van der Waals surface area contributed by atoms with Crippen molar-refractivity contribution in [2.24, 2.45) is 4.99 Å². The third-order valence-electron chi connectivity index (χ3n) is 6.45. The van der Waals surface area contributed by atoms with E-state index in [-0.39, 0.29) is 21.6 Å². The molecule has 31 heavy (non-hydrogen) atoms. The fourth-order valence-electron chi connectivity index (χ4n) is 3.64. The van der Waals surface area contributed by atoms with Gasteiger partial charge in [0.2, 0.25) is 6.10 Å². The second-order valence-corrected chi connectivity index (χ2v) is 14.7. The maximum Gasteiger partial charge on any atom is 0.427 e. The zero-order valence-electron chi connectivity index (χ0n) is 18.5. The van der Waals surface area contributed by atoms with Crippen molar-refractivity contribution in [3.05, 3.63) is 28.3 Å². The summed E-state index contributed by atoms with van der Waals surface area (Å²) in [5.74, 6) is 0. The van der Waals surface area contributed by atoms with Gasteiger partial charge < -0.3 is 14.1 Å². The van der Waals surface area contributed by atoms with Gasteiger partial charge >= 0.3 is 6.18 Å². The Morgan fingerprint density at radius 2 is 1.94 bits per heavy atom. The Balaban J connectivity index is 1.97. The van der Waals surface area contributed by atoms with E-state index in [2.05, 4.69) is 25.8 Å². The van der Waals surface area contributed by atoms with Gasteiger partial charge in [0.05, 0.1) is 22.4 Å². The number of amidine groups is 1. The molecule has 0 amide bonds. The highest BCUT2D eigenvalue weighted by Crippen LogP contribution is 2.44. The standard InChI is InChI=1S/C21H27ClF3N3O2Si/c1-12-14(8-7-13(11-26)16(12)22)27-19-28-10-9-15(30-31(5,6)20(2,3)4)17(28)18(29-19)21(23,24)25/h7-8,15,17-18H,9-10H2,1-6H3/t15-,17+,18+/m0/s1. The molecule has 1 aromatic rings. The molecule has 170 valence electrons. The van der Waals surface area contributed by atoms with Gasteiger partial charge in [0.1, 0.15) is 12.1 Å². The number of halogens is 4. The van der Waals surface area contributed by atoms with Gasteiger partial charge in [0.15, 0.2) is 8.32 Å². The summed E-state index contributed by atoms with van der Waals surface area (Å²) in [5, 5.41) is 9.21. The predicted molar refractivity (Wildman–Crippen MR) is 116 cm³/mol. The number of nitrogens with zero attached hydrogens (tertiary/aromatic N) is 3. The van der Waals surface area contributed by atoms with Gasteiger partial charge in [-0.2, -0.15) is 23.4 Å². The summed E-state index contributed by atoms with van der Waals surface area (Å²) in [5.41, 5.74) is 1.16. The minimum atomic E-state index is -4.56. The average Bonchev–Trinajstić information content (AvgIpc) is 3.19. The quantitative estimate of drug-likeness (QED) is 0.510. The van der Waals surface area contributed by atoms with E-state index in [4.69, 9.17) is 26.0 Å². The Labute approximate surface area is 186 Å². The lowest BCUT2D eigenvalue weighted by Crippen LogP contribution is -2.51. The molecule has 3 rings (SSSR count). The second-order valence-electron chi connectivity index (χ2n) is 9.55. The van der Waals surface area contributed by atoms with Gasteiger partial charge in [-0.15, -0.1) is 0 Å². The SMILES string of the molecule is Cc1c(N=C2O[C@@H](C(F)(F)F)[C@H]3[C@@H](O[Si](C)(C)C(C)(C)C)CCN23)ccc(C#N)c1Cl. The molecule has 0 radical (unpaired) electrons. The zero-order chi connectivity index (χ0) is 23.4. The first kappa shape index (κ1) is 23.9. The number of hydrogen-bond acceptors (Lipinski definition) is 4. The van der Waals surface area contributed by atoms with Crippen molar-refractivity contribution in [3.8, 4) is 6.07 Å². The van der Waals surface area contributed by atoms with Gasteiger partial charge in [0.25, 0.3) is 6.02 Å². The van der Waals surface area contributed by atoms with Crippen LogP contribution in [0.5, 0.6) is 0 Å². The number of alkyl halides is 3. The summed E-state index contributed by atoms with van der Waals surface area (Å²) in [4.78, 5) is 5.92. The van der Waals surface area contributed by atoms with Gasteiger partial charge in [0, 0.05) is 6.54 Å². The van der Waals surface area contributed by atoms with Crippen molar-refractivity contribution < 1.29 is 22.3 Å². The van der Waals surface area contributed by atoms with Crippen LogP contribution < -0.4 is 0 Å². The normalized spacial score (nSPS) is 25.5. The van der Waals surface area contributed by atoms with Crippen molar-refractivity contribution in [1.29, 1.82) is 5.26 Å². The molecular weight excluding hydrogens is 447 g/mol. The number of aliphatic imine (C=N–C) groups is 1. The molecule has 0 aliphatic carbocycles. The molecule has 5 nitrogen and oxygen atoms in total. The Bertz CT molecular complexity index is 938. The van der Waals surface area contributed by atoms with Crippen LogP contribution in [-0.2, 0) is 9.16 Å². The molecule has 2 fully saturated rings. The molecule has 1 aromatic carbocycles. The third-order valence-corrected chi connectivity index (χ3v) is 11.4. The van der Waals surface area contributed by atoms with E-state index < -0.39 is 32.7 Å². The van der Waals surface area contributed by atoms with Crippen molar-refractivity contribution in [2.45, 2.75) is 76.7 Å². The second kappa shape index (κ2) is 7.98. The van der Waals surface area contributed by atoms with E-state index in [0.29, 0.717) is 24.2 Å². The molecule has 0 spiro atoms. The lowest BCUT2D eigenvalue weighted by Gasteiger charge is -2.40. The summed E-state index contributed by atoms with van der Waals surface area (Å²) < 4.78 is 53.4. The minimum absolute atomic E-state index is 0.0856. The number of benzene rings is 1. The van der Waals surface area contributed by atoms with Gasteiger partial charge in [-0.1, -0.05) is 32.4 Å². The maximum atomic E-state index is 13.9. The molecule has 2 aliphatic heterocycles. The summed E-state index contributed by atoms with van der Waals surface area (Å²) in [6.45, 7) is 12.3. The Kier molecular flexibility index (Phi) is 6.15. The molecule has 0 N–H and O–H groups in total. The molecule has 2 heterocycles. The van der Waals surface area contributed by atoms with Crippen molar-refractivity contribution in [1.82, 2.24) is 4.90 Å². The van der Waals surface area contributed by atoms with Crippen molar-refractivity contribution in [3.63, 3.8) is 0 Å². The van der Waals surface area contributed by atoms with E-state index >= 15 is 0 Å². The first-order valence-electron chi connectivity index (χ1n) is 10.1. The van der Waals surface area contributed by atoms with E-state index in [1.54, 1.807) is 17.9 Å². The van der Waals surface area contributed by atoms with E-state index in [1.807, 2.05) is 19.2 Å². The van der Waals surface area contributed by atoms with Gasteiger partial charge in [-0.25, -0.2) is 0 Å². The zero-order valence-corrected chi connectivity index (χ0v) is 20.2. The van der Waals surface area contributed by atoms with Crippen LogP contribution in [0.2, 0.25) is 23.2 Å². The van der Waals surface area contributed by atoms with Gasteiger partial charge in [-0.3, -0.25) is 0 Å². The smallest absolute Gasteiger partial charge is 0.427 e. The number of nitriles is 1. The molecule has 0 aromatic heterocycles. The van der Waals surface area contributed by atoms with E-state index in [9.17, 15) is 13.2 Å². The first-order chi connectivity index (χ1) is 14.2. The first-order valence-corrected chi connectivity index (χ1v) is 13.4. The highest BCUT2D eigenvalue weighted by Gasteiger charge is 2.61. The minimum Gasteiger partial charge on any atom is -0.450 e. The topological polar surface area (TPSA) is 57.9 Å². The fourth-order valence-corrected chi connectivity index (χ4v) is 5.21. The van der Waals surface area contributed by atoms with Crippen LogP contribution in [0.3, 0.4) is 0 Å². The van der Waals surface area contributed by atoms with Crippen molar-refractivity contribution in [2.75, 3.05) is 6.54 Å². The number of ether oxygens (including phenoxy) is 1. The molecule has 2 aliphatic rings. The van der Waals surface area contributed by atoms with Crippen LogP contribution in [0.1, 0.15) is 38.3 Å². The predicted octanol–water partition coefficient (Wildman–Crippen LogP) is 5.93. The van der Waals surface area contributed by atoms with Crippen LogP contribution in [-0.4, -0.2) is 50.2 Å². The Hall–Kier alpha value is -1.76. The Morgan fingerprint density at radius 1 is 1.29 bits per heavy atom. The highest BCUT2D eigenvalue weighted by atomic mass is 35.5. The molecule has 0 saturated carbocycles. The fraction of sp³-hybridized carbons (Fsp3) is 0.619. The molecule has 0 bridgehead atoms. The monoisotopic (exact) mass is 473 g/mol. The summed E-state index contributed by atoms with van der Waals surface area (Å²) in [6, 6.07) is 3.96. The van der Waals surface area contributed by atoms with Crippen LogP contribution in [0.4, 0.5) is 18.9 Å². The number of hydrogen-bond donors (Lipinski definition) is 0. The lowest BCUT2D eigenvalue weighted by molar-refractivity contribution is -0.203. The lowest BCUT2D eigenvalue weighted by atomic mass is 10.1. The summed E-state index contributed by atoms with van der Waals surface area (Å²) in [6.07, 6.45) is -6.69. The maximum absolute atomic E-state index is 13.9. The Morgan fingerprint density at radius 3 is 2.48 bits per heavy atom. The van der Waals surface area contributed by atoms with E-state index in [1.165, 1.54) is 6.07 Å².